The van der Waals surface area contributed by atoms with Crippen molar-refractivity contribution in [2.24, 2.45) is 5.16 Å². The first-order chi connectivity index (χ1) is 3.66. The van der Waals surface area contributed by atoms with Gasteiger partial charge >= 0.3 is 29.6 Å². The maximum absolute atomic E-state index is 9.96. The molecule has 0 bridgehead atoms. The van der Waals surface area contributed by atoms with Gasteiger partial charge in [0.2, 0.25) is 0 Å². The van der Waals surface area contributed by atoms with Crippen LogP contribution < -0.4 is 0 Å². The van der Waals surface area contributed by atoms with E-state index in [1.165, 1.54) is 6.92 Å². The first-order valence-electron chi connectivity index (χ1n) is 2.06. The third-order valence-corrected chi connectivity index (χ3v) is 1.39. The van der Waals surface area contributed by atoms with Crippen molar-refractivity contribution in [3.8, 4) is 0 Å². The van der Waals surface area contributed by atoms with Crippen molar-refractivity contribution in [3.63, 3.8) is 0 Å². The van der Waals surface area contributed by atoms with Crippen LogP contribution in [0, 0.1) is 0 Å². The summed E-state index contributed by atoms with van der Waals surface area (Å²) in [6.07, 6.45) is -0.0127. The third-order valence-electron chi connectivity index (χ3n) is 0.578. The summed E-state index contributed by atoms with van der Waals surface area (Å²) in [5, 5.41) is 10.6. The molecular weight excluding hydrogens is 152 g/mol. The molecule has 0 saturated carbocycles. The van der Waals surface area contributed by atoms with E-state index < -0.39 is 8.03 Å². The van der Waals surface area contributed by atoms with E-state index in [1.54, 1.807) is 0 Å². The van der Waals surface area contributed by atoms with E-state index in [1.807, 2.05) is 0 Å². The summed E-state index contributed by atoms with van der Waals surface area (Å²) < 4.78 is 9.96. The minimum atomic E-state index is -2.49. The van der Waals surface area contributed by atoms with Gasteiger partial charge in [-0.05, 0) is 6.92 Å². The Morgan fingerprint density at radius 1 is 1.78 bits per heavy atom. The fourth-order valence-electron chi connectivity index (χ4n) is 0.254. The van der Waals surface area contributed by atoms with E-state index in [9.17, 15) is 4.57 Å². The van der Waals surface area contributed by atoms with Crippen LogP contribution in [0.4, 0.5) is 0 Å². The van der Waals surface area contributed by atoms with E-state index in [4.69, 9.17) is 10.1 Å². The van der Waals surface area contributed by atoms with Gasteiger partial charge in [-0.2, -0.15) is 0 Å². The molecular formula is C3H9NNaO3P. The summed E-state index contributed by atoms with van der Waals surface area (Å²) in [7, 11) is -2.49. The van der Waals surface area contributed by atoms with Crippen LogP contribution in [-0.4, -0.2) is 51.5 Å². The van der Waals surface area contributed by atoms with E-state index in [-0.39, 0.29) is 41.4 Å². The monoisotopic (exact) mass is 161 g/mol. The molecule has 1 atom stereocenters. The van der Waals surface area contributed by atoms with Crippen molar-refractivity contribution in [1.82, 2.24) is 0 Å². The van der Waals surface area contributed by atoms with E-state index in [2.05, 4.69) is 5.16 Å². The molecule has 4 nitrogen and oxygen atoms in total. The second kappa shape index (κ2) is 6.78. The Labute approximate surface area is 76.1 Å². The molecule has 0 spiro atoms. The Morgan fingerprint density at radius 2 is 2.22 bits per heavy atom. The third kappa shape index (κ3) is 8.66. The van der Waals surface area contributed by atoms with Crippen molar-refractivity contribution >= 4 is 43.3 Å². The van der Waals surface area contributed by atoms with Gasteiger partial charge in [-0.1, -0.05) is 5.16 Å². The normalized spacial score (nSPS) is 14.2. The Morgan fingerprint density at radius 3 is 2.33 bits per heavy atom. The average molecular weight is 161 g/mol. The van der Waals surface area contributed by atoms with E-state index >= 15 is 0 Å². The molecule has 9 heavy (non-hydrogen) atoms. The summed E-state index contributed by atoms with van der Waals surface area (Å²) in [5.41, 5.74) is 0.288. The van der Waals surface area contributed by atoms with Gasteiger partial charge in [-0.25, -0.2) is 0 Å². The Balaban J connectivity index is 0. The number of nitrogens with zero attached hydrogens (tertiary/aromatic N) is 1. The standard InChI is InChI=1S/C3H8NO3P.Na.H/c1-3(4-5)2-8(6)7;;/h5,8H,2H2,1H3,(H,6,7);;. The van der Waals surface area contributed by atoms with Crippen molar-refractivity contribution in [1.29, 1.82) is 0 Å². The molecule has 0 heterocycles. The molecule has 0 rings (SSSR count). The maximum atomic E-state index is 9.96. The molecule has 0 aromatic heterocycles. The molecule has 0 aromatic carbocycles. The quantitative estimate of drug-likeness (QED) is 0.191. The molecule has 6 heteroatoms. The Bertz CT molecular complexity index is 126. The van der Waals surface area contributed by atoms with Gasteiger partial charge in [0.1, 0.15) is 0 Å². The Kier molecular flexibility index (Phi) is 9.30. The first-order valence-corrected chi connectivity index (χ1v) is 3.62. The fourth-order valence-corrected chi connectivity index (χ4v) is 0.763. The van der Waals surface area contributed by atoms with Crippen molar-refractivity contribution in [3.05, 3.63) is 0 Å². The molecule has 0 fully saturated rings. The van der Waals surface area contributed by atoms with Gasteiger partial charge in [0.15, 0.2) is 8.03 Å². The molecule has 0 radical (unpaired) electrons. The molecule has 0 aliphatic rings. The van der Waals surface area contributed by atoms with Crippen LogP contribution >= 0.6 is 8.03 Å². The zero-order valence-electron chi connectivity index (χ0n) is 4.46. The fraction of sp³-hybridized carbons (Fsp3) is 0.667. The van der Waals surface area contributed by atoms with Crippen LogP contribution in [0.1, 0.15) is 6.92 Å². The van der Waals surface area contributed by atoms with Gasteiger partial charge in [-0.15, -0.1) is 0 Å². The SMILES string of the molecule is CC(C[PH](=O)O)=NO.[NaH]. The molecule has 0 aliphatic heterocycles. The predicted octanol–water partition coefficient (Wildman–Crippen LogP) is -0.345. The molecule has 0 aliphatic carbocycles. The van der Waals surface area contributed by atoms with Crippen LogP contribution in [0.2, 0.25) is 0 Å². The molecule has 1 unspecified atom stereocenters. The summed E-state index contributed by atoms with van der Waals surface area (Å²) in [6.45, 7) is 1.48. The van der Waals surface area contributed by atoms with Crippen LogP contribution in [0.15, 0.2) is 5.16 Å². The summed E-state index contributed by atoms with van der Waals surface area (Å²) in [5.74, 6) is 0. The van der Waals surface area contributed by atoms with Gasteiger partial charge in [-0.3, -0.25) is 4.57 Å². The zero-order valence-corrected chi connectivity index (χ0v) is 5.46. The van der Waals surface area contributed by atoms with Gasteiger partial charge in [0.05, 0.1) is 11.9 Å². The van der Waals surface area contributed by atoms with Crippen LogP contribution in [0.25, 0.3) is 0 Å². The van der Waals surface area contributed by atoms with Crippen LogP contribution in [0.5, 0.6) is 0 Å². The minimum absolute atomic E-state index is 0. The summed E-state index contributed by atoms with van der Waals surface area (Å²) in [4.78, 5) is 8.21. The van der Waals surface area contributed by atoms with E-state index in [0.29, 0.717) is 0 Å². The molecule has 0 amide bonds. The number of rotatable bonds is 2. The number of hydrogen-bond donors (Lipinski definition) is 2. The molecule has 2 N–H and O–H groups in total. The Hall–Kier alpha value is 0.660. The first kappa shape index (κ1) is 12.3. The number of hydrogen-bond acceptors (Lipinski definition) is 3. The second-order valence-electron chi connectivity index (χ2n) is 1.41. The zero-order chi connectivity index (χ0) is 6.57. The summed E-state index contributed by atoms with van der Waals surface area (Å²) >= 11 is 0. The van der Waals surface area contributed by atoms with Gasteiger partial charge < -0.3 is 10.1 Å². The molecule has 0 saturated heterocycles. The van der Waals surface area contributed by atoms with Crippen molar-refractivity contribution in [2.45, 2.75) is 6.92 Å². The predicted molar refractivity (Wildman–Crippen MR) is 38.1 cm³/mol. The molecule has 0 aromatic rings. The topological polar surface area (TPSA) is 69.9 Å². The van der Waals surface area contributed by atoms with E-state index in [0.717, 1.165) is 0 Å². The molecule has 50 valence electrons. The van der Waals surface area contributed by atoms with Crippen molar-refractivity contribution < 1.29 is 14.7 Å². The summed E-state index contributed by atoms with van der Waals surface area (Å²) in [6, 6.07) is 0. The van der Waals surface area contributed by atoms with Crippen LogP contribution in [0.3, 0.4) is 0 Å². The second-order valence-corrected chi connectivity index (χ2v) is 2.55. The average Bonchev–Trinajstić information content (AvgIpc) is 1.65. The van der Waals surface area contributed by atoms with Crippen LogP contribution in [-0.2, 0) is 4.57 Å². The van der Waals surface area contributed by atoms with Crippen molar-refractivity contribution in [2.75, 3.05) is 6.16 Å². The number of oxime groups is 1. The van der Waals surface area contributed by atoms with Gasteiger partial charge in [0.25, 0.3) is 0 Å². The van der Waals surface area contributed by atoms with Gasteiger partial charge in [0, 0.05) is 0 Å².